The molecule has 1 aliphatic rings. The van der Waals surface area contributed by atoms with E-state index < -0.39 is 0 Å². The third-order valence-corrected chi connectivity index (χ3v) is 9.72. The van der Waals surface area contributed by atoms with Gasteiger partial charge < -0.3 is 8.98 Å². The van der Waals surface area contributed by atoms with Crippen LogP contribution in [0.2, 0.25) is 0 Å². The molecule has 5 nitrogen and oxygen atoms in total. The third-order valence-electron chi connectivity index (χ3n) is 9.72. The zero-order chi connectivity index (χ0) is 33.0. The first-order valence-corrected chi connectivity index (χ1v) is 17.0. The summed E-state index contributed by atoms with van der Waals surface area (Å²) in [5.41, 5.74) is 11.5. The Bertz CT molecular complexity index is 2760. The normalized spacial score (nSPS) is 12.6. The van der Waals surface area contributed by atoms with E-state index in [0.717, 1.165) is 68.3 Å². The Morgan fingerprint density at radius 3 is 1.96 bits per heavy atom. The summed E-state index contributed by atoms with van der Waals surface area (Å²) in [6.07, 6.45) is 6.56. The van der Waals surface area contributed by atoms with Gasteiger partial charge in [-0.15, -0.1) is 0 Å². The van der Waals surface area contributed by atoms with Crippen LogP contribution in [-0.4, -0.2) is 19.5 Å². The van der Waals surface area contributed by atoms with Gasteiger partial charge in [0.25, 0.3) is 0 Å². The fourth-order valence-corrected chi connectivity index (χ4v) is 7.36. The molecule has 0 fully saturated rings. The Hall–Kier alpha value is -6.59. The monoisotopic (exact) mass is 642 g/mol. The summed E-state index contributed by atoms with van der Waals surface area (Å²) in [5.74, 6) is 1.84. The lowest BCUT2D eigenvalue weighted by molar-refractivity contribution is 0.665. The highest BCUT2D eigenvalue weighted by Gasteiger charge is 2.22. The molecule has 3 heterocycles. The van der Waals surface area contributed by atoms with Gasteiger partial charge in [0.1, 0.15) is 5.58 Å². The number of hydrogen-bond acceptors (Lipinski definition) is 4. The summed E-state index contributed by atoms with van der Waals surface area (Å²) in [5, 5.41) is 3.41. The summed E-state index contributed by atoms with van der Waals surface area (Å²) >= 11 is 0. The van der Waals surface area contributed by atoms with Crippen LogP contribution in [0, 0.1) is 0 Å². The minimum Gasteiger partial charge on any atom is -0.454 e. The Labute approximate surface area is 288 Å². The second-order valence-corrected chi connectivity index (χ2v) is 12.7. The van der Waals surface area contributed by atoms with Crippen molar-refractivity contribution in [3.05, 3.63) is 163 Å². The lowest BCUT2D eigenvalue weighted by atomic mass is 10.0. The lowest BCUT2D eigenvalue weighted by Crippen LogP contribution is -2.03. The number of fused-ring (bicyclic) bond motifs is 6. The summed E-state index contributed by atoms with van der Waals surface area (Å²) in [7, 11) is 0. The topological polar surface area (TPSA) is 56.7 Å². The van der Waals surface area contributed by atoms with Gasteiger partial charge in [0, 0.05) is 44.1 Å². The second kappa shape index (κ2) is 11.5. The SMILES string of the molecule is C1=Cc2c(n(-c3cccc4c3oc3cc(-c5nc(-c6ccccc6)nc(-c6cccc(-c7ccccc7)c6)n5)ccc34)c3ccccc23)CC1. The van der Waals surface area contributed by atoms with Crippen molar-refractivity contribution in [1.29, 1.82) is 0 Å². The average Bonchev–Trinajstić information content (AvgIpc) is 3.74. The molecule has 0 amide bonds. The van der Waals surface area contributed by atoms with Crippen LogP contribution in [0.5, 0.6) is 0 Å². The maximum absolute atomic E-state index is 6.79. The van der Waals surface area contributed by atoms with Gasteiger partial charge in [-0.3, -0.25) is 0 Å². The van der Waals surface area contributed by atoms with Crippen molar-refractivity contribution in [3.8, 4) is 51.0 Å². The van der Waals surface area contributed by atoms with Crippen molar-refractivity contribution in [3.63, 3.8) is 0 Å². The molecule has 0 unspecified atom stereocenters. The van der Waals surface area contributed by atoms with Crippen molar-refractivity contribution in [1.82, 2.24) is 19.5 Å². The predicted molar refractivity (Wildman–Crippen MR) is 203 cm³/mol. The van der Waals surface area contributed by atoms with Crippen LogP contribution in [0.15, 0.2) is 156 Å². The van der Waals surface area contributed by atoms with Crippen LogP contribution < -0.4 is 0 Å². The minimum atomic E-state index is 0.596. The Morgan fingerprint density at radius 2 is 1.14 bits per heavy atom. The number of para-hydroxylation sites is 2. The van der Waals surface area contributed by atoms with Crippen LogP contribution in [0.25, 0.3) is 89.9 Å². The first-order valence-electron chi connectivity index (χ1n) is 17.0. The summed E-state index contributed by atoms with van der Waals surface area (Å²) in [6, 6.07) is 50.3. The molecule has 1 aliphatic carbocycles. The lowest BCUT2D eigenvalue weighted by Gasteiger charge is -2.13. The van der Waals surface area contributed by atoms with Gasteiger partial charge >= 0.3 is 0 Å². The molecule has 236 valence electrons. The van der Waals surface area contributed by atoms with E-state index in [2.05, 4.69) is 126 Å². The van der Waals surface area contributed by atoms with Gasteiger partial charge in [0.2, 0.25) is 0 Å². The Morgan fingerprint density at radius 1 is 0.500 bits per heavy atom. The van der Waals surface area contributed by atoms with E-state index >= 15 is 0 Å². The van der Waals surface area contributed by atoms with Crippen molar-refractivity contribution >= 4 is 38.9 Å². The average molecular weight is 643 g/mol. The standard InChI is InChI=1S/C45H30N4O/c1-3-13-29(14-4-1)31-17-11-18-32(27-31)44-46-43(30-15-5-2-6-16-30)47-45(48-44)33-25-26-36-37-21-12-24-40(42(37)50-41(36)28-33)49-38-22-9-7-19-34(38)35-20-8-10-23-39(35)49/h1-9,11-22,24-28H,10,23H2. The number of benzene rings is 6. The first kappa shape index (κ1) is 28.4. The first-order chi connectivity index (χ1) is 24.8. The predicted octanol–water partition coefficient (Wildman–Crippen LogP) is 11.3. The molecule has 0 aliphatic heterocycles. The number of hydrogen-bond donors (Lipinski definition) is 0. The number of allylic oxidation sites excluding steroid dienone is 1. The summed E-state index contributed by atoms with van der Waals surface area (Å²) < 4.78 is 9.19. The number of furan rings is 1. The van der Waals surface area contributed by atoms with E-state index in [1.807, 2.05) is 36.4 Å². The van der Waals surface area contributed by atoms with Gasteiger partial charge in [0.15, 0.2) is 23.1 Å². The molecular formula is C45H30N4O. The maximum atomic E-state index is 6.79. The van der Waals surface area contributed by atoms with Crippen LogP contribution in [0.4, 0.5) is 0 Å². The number of aromatic nitrogens is 4. The molecule has 50 heavy (non-hydrogen) atoms. The molecule has 0 radical (unpaired) electrons. The number of nitrogens with zero attached hydrogens (tertiary/aromatic N) is 4. The molecule has 5 heteroatoms. The smallest absolute Gasteiger partial charge is 0.164 e. The molecule has 0 bridgehead atoms. The van der Waals surface area contributed by atoms with Gasteiger partial charge in [-0.2, -0.15) is 0 Å². The second-order valence-electron chi connectivity index (χ2n) is 12.7. The summed E-state index contributed by atoms with van der Waals surface area (Å²) in [6.45, 7) is 0. The van der Waals surface area contributed by atoms with E-state index in [0.29, 0.717) is 17.5 Å². The zero-order valence-electron chi connectivity index (χ0n) is 27.1. The summed E-state index contributed by atoms with van der Waals surface area (Å²) in [4.78, 5) is 15.0. The minimum absolute atomic E-state index is 0.596. The molecule has 0 N–H and O–H groups in total. The fourth-order valence-electron chi connectivity index (χ4n) is 7.36. The third kappa shape index (κ3) is 4.66. The molecule has 0 saturated heterocycles. The van der Waals surface area contributed by atoms with Crippen LogP contribution in [0.1, 0.15) is 17.7 Å². The highest BCUT2D eigenvalue weighted by Crippen LogP contribution is 2.39. The molecule has 3 aromatic heterocycles. The van der Waals surface area contributed by atoms with E-state index in [9.17, 15) is 0 Å². The molecule has 0 saturated carbocycles. The van der Waals surface area contributed by atoms with Gasteiger partial charge in [-0.1, -0.05) is 127 Å². The molecule has 0 spiro atoms. The van der Waals surface area contributed by atoms with E-state index in [-0.39, 0.29) is 0 Å². The van der Waals surface area contributed by atoms with E-state index in [1.54, 1.807) is 0 Å². The van der Waals surface area contributed by atoms with Crippen LogP contribution in [-0.2, 0) is 6.42 Å². The molecule has 10 rings (SSSR count). The molecular weight excluding hydrogens is 613 g/mol. The quantitative estimate of drug-likeness (QED) is 0.187. The Kier molecular flexibility index (Phi) is 6.56. The van der Waals surface area contributed by atoms with Crippen LogP contribution >= 0.6 is 0 Å². The highest BCUT2D eigenvalue weighted by atomic mass is 16.3. The molecule has 9 aromatic rings. The van der Waals surface area contributed by atoms with E-state index in [4.69, 9.17) is 19.4 Å². The van der Waals surface area contributed by atoms with Gasteiger partial charge in [-0.05, 0) is 54.3 Å². The van der Waals surface area contributed by atoms with Gasteiger partial charge in [-0.25, -0.2) is 15.0 Å². The zero-order valence-corrected chi connectivity index (χ0v) is 27.1. The molecule has 6 aromatic carbocycles. The van der Waals surface area contributed by atoms with Crippen LogP contribution in [0.3, 0.4) is 0 Å². The fraction of sp³-hybridized carbons (Fsp3) is 0.0444. The van der Waals surface area contributed by atoms with Crippen molar-refractivity contribution < 1.29 is 4.42 Å². The maximum Gasteiger partial charge on any atom is 0.164 e. The number of rotatable bonds is 5. The van der Waals surface area contributed by atoms with Gasteiger partial charge in [0.05, 0.1) is 11.2 Å². The van der Waals surface area contributed by atoms with Crippen molar-refractivity contribution in [2.24, 2.45) is 0 Å². The Balaban J connectivity index is 1.14. The highest BCUT2D eigenvalue weighted by molar-refractivity contribution is 6.09. The van der Waals surface area contributed by atoms with E-state index in [1.165, 1.54) is 22.2 Å². The molecule has 0 atom stereocenters. The van der Waals surface area contributed by atoms with Crippen molar-refractivity contribution in [2.45, 2.75) is 12.8 Å². The largest absolute Gasteiger partial charge is 0.454 e. The van der Waals surface area contributed by atoms with Crippen molar-refractivity contribution in [2.75, 3.05) is 0 Å².